The van der Waals surface area contributed by atoms with Crippen LogP contribution in [0.2, 0.25) is 0 Å². The molecule has 3 N–H and O–H groups in total. The normalized spacial score (nSPS) is 22.4. The molecule has 1 amide bonds. The van der Waals surface area contributed by atoms with E-state index in [0.29, 0.717) is 0 Å². The number of hydrogen-bond acceptors (Lipinski definition) is 4. The number of methoxy groups -OCH3 is 1. The van der Waals surface area contributed by atoms with Gasteiger partial charge in [-0.3, -0.25) is 4.79 Å². The van der Waals surface area contributed by atoms with Gasteiger partial charge in [0.1, 0.15) is 0 Å². The molecule has 1 unspecified atom stereocenters. The van der Waals surface area contributed by atoms with Crippen molar-refractivity contribution in [3.05, 3.63) is 0 Å². The number of carboxylic acids is 1. The number of piperidine rings is 1. The summed E-state index contributed by atoms with van der Waals surface area (Å²) in [4.78, 5) is 22.5. The highest BCUT2D eigenvalue weighted by molar-refractivity contribution is 5.87. The van der Waals surface area contributed by atoms with Gasteiger partial charge in [0.2, 0.25) is 5.91 Å². The lowest BCUT2D eigenvalue weighted by atomic mass is 10.0. The fourth-order valence-electron chi connectivity index (χ4n) is 1.69. The minimum Gasteiger partial charge on any atom is -0.480 e. The van der Waals surface area contributed by atoms with E-state index in [2.05, 4.69) is 10.6 Å². The van der Waals surface area contributed by atoms with E-state index in [1.54, 1.807) is 0 Å². The lowest BCUT2D eigenvalue weighted by Crippen LogP contribution is -2.52. The van der Waals surface area contributed by atoms with E-state index in [1.807, 2.05) is 0 Å². The van der Waals surface area contributed by atoms with Crippen molar-refractivity contribution >= 4 is 11.9 Å². The van der Waals surface area contributed by atoms with Gasteiger partial charge in [-0.25, -0.2) is 4.79 Å². The first-order chi connectivity index (χ1) is 7.65. The Kier molecular flexibility index (Phi) is 5.21. The topological polar surface area (TPSA) is 87.7 Å². The molecule has 0 aromatic carbocycles. The Hall–Kier alpha value is -1.14. The molecule has 0 aliphatic carbocycles. The van der Waals surface area contributed by atoms with Gasteiger partial charge in [-0.1, -0.05) is 6.42 Å². The van der Waals surface area contributed by atoms with Crippen molar-refractivity contribution in [2.45, 2.75) is 31.3 Å². The van der Waals surface area contributed by atoms with Gasteiger partial charge < -0.3 is 20.5 Å². The zero-order valence-electron chi connectivity index (χ0n) is 9.36. The summed E-state index contributed by atoms with van der Waals surface area (Å²) in [7, 11) is 1.40. The van der Waals surface area contributed by atoms with Crippen LogP contribution in [-0.4, -0.2) is 49.3 Å². The highest BCUT2D eigenvalue weighted by atomic mass is 16.5. The molecule has 6 heteroatoms. The van der Waals surface area contributed by atoms with Gasteiger partial charge >= 0.3 is 5.97 Å². The molecule has 6 nitrogen and oxygen atoms in total. The quantitative estimate of drug-likeness (QED) is 0.584. The number of nitrogens with one attached hydrogen (secondary N) is 2. The van der Waals surface area contributed by atoms with Gasteiger partial charge in [0.05, 0.1) is 12.6 Å². The van der Waals surface area contributed by atoms with E-state index >= 15 is 0 Å². The molecule has 1 heterocycles. The summed E-state index contributed by atoms with van der Waals surface area (Å²) in [5.74, 6) is -1.34. The third-order valence-corrected chi connectivity index (χ3v) is 2.57. The number of carbonyl (C=O) groups excluding carboxylic acids is 1. The van der Waals surface area contributed by atoms with Crippen LogP contribution in [0.3, 0.4) is 0 Å². The second-order valence-electron chi connectivity index (χ2n) is 3.86. The fraction of sp³-hybridized carbons (Fsp3) is 0.800. The summed E-state index contributed by atoms with van der Waals surface area (Å²) in [6.45, 7) is 0.786. The van der Waals surface area contributed by atoms with Crippen molar-refractivity contribution in [1.82, 2.24) is 10.6 Å². The van der Waals surface area contributed by atoms with E-state index in [-0.39, 0.29) is 18.6 Å². The first kappa shape index (κ1) is 12.9. The fourth-order valence-corrected chi connectivity index (χ4v) is 1.69. The van der Waals surface area contributed by atoms with Crippen LogP contribution in [0.5, 0.6) is 0 Å². The lowest BCUT2D eigenvalue weighted by molar-refractivity contribution is -0.143. The Morgan fingerprint density at radius 1 is 1.56 bits per heavy atom. The van der Waals surface area contributed by atoms with Crippen LogP contribution in [0.4, 0.5) is 0 Å². The molecule has 0 aromatic rings. The van der Waals surface area contributed by atoms with E-state index < -0.39 is 12.0 Å². The second-order valence-corrected chi connectivity index (χ2v) is 3.86. The van der Waals surface area contributed by atoms with Gasteiger partial charge in [-0.05, 0) is 19.4 Å². The Labute approximate surface area is 94.3 Å². The third-order valence-electron chi connectivity index (χ3n) is 2.57. The van der Waals surface area contributed by atoms with Crippen molar-refractivity contribution in [2.75, 3.05) is 20.3 Å². The maximum atomic E-state index is 11.7. The van der Waals surface area contributed by atoms with Gasteiger partial charge in [0.25, 0.3) is 0 Å². The monoisotopic (exact) mass is 230 g/mol. The zero-order valence-corrected chi connectivity index (χ0v) is 9.36. The molecule has 1 rings (SSSR count). The number of carbonyl (C=O) groups is 2. The lowest BCUT2D eigenvalue weighted by Gasteiger charge is -2.24. The largest absolute Gasteiger partial charge is 0.480 e. The van der Waals surface area contributed by atoms with Gasteiger partial charge in [0.15, 0.2) is 6.04 Å². The van der Waals surface area contributed by atoms with Crippen LogP contribution in [0, 0.1) is 0 Å². The molecule has 92 valence electrons. The maximum Gasteiger partial charge on any atom is 0.328 e. The van der Waals surface area contributed by atoms with Crippen LogP contribution in [-0.2, 0) is 14.3 Å². The van der Waals surface area contributed by atoms with E-state index in [9.17, 15) is 9.59 Å². The van der Waals surface area contributed by atoms with Gasteiger partial charge in [-0.15, -0.1) is 0 Å². The highest BCUT2D eigenvalue weighted by Gasteiger charge is 2.25. The predicted molar refractivity (Wildman–Crippen MR) is 57.1 cm³/mol. The van der Waals surface area contributed by atoms with Crippen LogP contribution in [0.1, 0.15) is 19.3 Å². The van der Waals surface area contributed by atoms with Gasteiger partial charge in [-0.2, -0.15) is 0 Å². The third kappa shape index (κ3) is 3.79. The van der Waals surface area contributed by atoms with Crippen molar-refractivity contribution in [3.8, 4) is 0 Å². The Morgan fingerprint density at radius 3 is 2.81 bits per heavy atom. The molecule has 1 aliphatic rings. The molecular formula is C10H18N2O4. The van der Waals surface area contributed by atoms with Crippen LogP contribution in [0.25, 0.3) is 0 Å². The molecule has 16 heavy (non-hydrogen) atoms. The van der Waals surface area contributed by atoms with E-state index in [1.165, 1.54) is 7.11 Å². The number of ether oxygens (including phenoxy) is 1. The summed E-state index contributed by atoms with van der Waals surface area (Å²) >= 11 is 0. The molecule has 1 fully saturated rings. The molecule has 1 saturated heterocycles. The number of hydrogen-bond donors (Lipinski definition) is 3. The van der Waals surface area contributed by atoms with Crippen LogP contribution >= 0.6 is 0 Å². The summed E-state index contributed by atoms with van der Waals surface area (Å²) in [6.07, 6.45) is 2.81. The Morgan fingerprint density at radius 2 is 2.31 bits per heavy atom. The highest BCUT2D eigenvalue weighted by Crippen LogP contribution is 2.07. The zero-order chi connectivity index (χ0) is 12.0. The van der Waals surface area contributed by atoms with Crippen molar-refractivity contribution in [3.63, 3.8) is 0 Å². The summed E-state index contributed by atoms with van der Waals surface area (Å²) in [5.41, 5.74) is 0. The molecule has 0 saturated carbocycles. The smallest absolute Gasteiger partial charge is 0.328 e. The van der Waals surface area contributed by atoms with Gasteiger partial charge in [0, 0.05) is 7.11 Å². The summed E-state index contributed by atoms with van der Waals surface area (Å²) in [6, 6.07) is -1.24. The first-order valence-electron chi connectivity index (χ1n) is 5.40. The van der Waals surface area contributed by atoms with Crippen molar-refractivity contribution in [1.29, 1.82) is 0 Å². The van der Waals surface area contributed by atoms with Crippen molar-refractivity contribution in [2.24, 2.45) is 0 Å². The minimum absolute atomic E-state index is 0.0200. The Balaban J connectivity index is 2.43. The molecule has 0 bridgehead atoms. The second kappa shape index (κ2) is 6.44. The first-order valence-corrected chi connectivity index (χ1v) is 5.40. The average molecular weight is 230 g/mol. The molecule has 0 spiro atoms. The average Bonchev–Trinajstić information content (AvgIpc) is 2.29. The van der Waals surface area contributed by atoms with E-state index in [0.717, 1.165) is 25.8 Å². The van der Waals surface area contributed by atoms with Crippen LogP contribution in [0.15, 0.2) is 0 Å². The Bertz CT molecular complexity index is 251. The number of carboxylic acid groups (broad SMARTS) is 1. The summed E-state index contributed by atoms with van der Waals surface area (Å²) < 4.78 is 4.74. The number of aliphatic carboxylic acids is 1. The minimum atomic E-state index is -1.08. The SMILES string of the molecule is COCC(NC(=O)[C@@H]1CCCCN1)C(=O)O. The summed E-state index contributed by atoms with van der Waals surface area (Å²) in [5, 5.41) is 14.4. The molecule has 0 aromatic heterocycles. The number of amides is 1. The number of rotatable bonds is 5. The molecule has 0 radical (unpaired) electrons. The van der Waals surface area contributed by atoms with Crippen molar-refractivity contribution < 1.29 is 19.4 Å². The standard InChI is InChI=1S/C10H18N2O4/c1-16-6-8(10(14)15)12-9(13)7-4-2-3-5-11-7/h7-8,11H,2-6H2,1H3,(H,12,13)(H,14,15)/t7-,8?/m0/s1. The molecular weight excluding hydrogens is 212 g/mol. The maximum absolute atomic E-state index is 11.7. The predicted octanol–water partition coefficient (Wildman–Crippen LogP) is -0.656. The van der Waals surface area contributed by atoms with Crippen LogP contribution < -0.4 is 10.6 Å². The van der Waals surface area contributed by atoms with E-state index in [4.69, 9.17) is 9.84 Å². The molecule has 1 aliphatic heterocycles. The molecule has 2 atom stereocenters.